The van der Waals surface area contributed by atoms with E-state index in [0.717, 1.165) is 37.0 Å². The molecule has 2 amide bonds. The van der Waals surface area contributed by atoms with Gasteiger partial charge in [-0.2, -0.15) is 0 Å². The number of likely N-dealkylation sites (tertiary alicyclic amines) is 1. The number of hydrogen-bond acceptors (Lipinski definition) is 3. The van der Waals surface area contributed by atoms with E-state index in [2.05, 4.69) is 4.98 Å². The minimum Gasteiger partial charge on any atom is -0.359 e. The first-order valence-corrected chi connectivity index (χ1v) is 7.14. The van der Waals surface area contributed by atoms with Gasteiger partial charge in [0.2, 0.25) is 11.8 Å². The van der Waals surface area contributed by atoms with Gasteiger partial charge in [0.25, 0.3) is 0 Å². The minimum atomic E-state index is -0.509. The molecule has 1 aliphatic carbocycles. The summed E-state index contributed by atoms with van der Waals surface area (Å²) in [6, 6.07) is 3.38. The largest absolute Gasteiger partial charge is 0.359 e. The summed E-state index contributed by atoms with van der Waals surface area (Å²) in [4.78, 5) is 40.7. The summed E-state index contributed by atoms with van der Waals surface area (Å²) in [5.74, 6) is -0.552. The van der Waals surface area contributed by atoms with Crippen molar-refractivity contribution in [3.05, 3.63) is 24.0 Å². The van der Waals surface area contributed by atoms with Gasteiger partial charge in [0.1, 0.15) is 0 Å². The van der Waals surface area contributed by atoms with Crippen molar-refractivity contribution in [2.45, 2.75) is 38.5 Å². The topological polar surface area (TPSA) is 70.2 Å². The molecule has 1 N–H and O–H groups in total. The third kappa shape index (κ3) is 2.07. The Kier molecular flexibility index (Phi) is 3.20. The Balaban J connectivity index is 1.75. The number of imide groups is 1. The molecule has 2 fully saturated rings. The van der Waals surface area contributed by atoms with Crippen LogP contribution >= 0.6 is 0 Å². The summed E-state index contributed by atoms with van der Waals surface area (Å²) >= 11 is 0. The number of rotatable bonds is 3. The molecule has 0 aromatic carbocycles. The third-order valence-corrected chi connectivity index (χ3v) is 4.50. The molecule has 106 valence electrons. The summed E-state index contributed by atoms with van der Waals surface area (Å²) in [7, 11) is 0. The first-order valence-electron chi connectivity index (χ1n) is 7.14. The van der Waals surface area contributed by atoms with E-state index >= 15 is 0 Å². The van der Waals surface area contributed by atoms with Crippen molar-refractivity contribution in [1.82, 2.24) is 9.88 Å². The summed E-state index contributed by atoms with van der Waals surface area (Å²) < 4.78 is 0. The molecule has 2 aliphatic rings. The molecule has 1 saturated carbocycles. The van der Waals surface area contributed by atoms with Crippen molar-refractivity contribution < 1.29 is 14.4 Å². The Bertz CT molecular complexity index is 541. The van der Waals surface area contributed by atoms with Gasteiger partial charge in [-0.05, 0) is 25.0 Å². The zero-order chi connectivity index (χ0) is 14.2. The van der Waals surface area contributed by atoms with Gasteiger partial charge in [-0.15, -0.1) is 0 Å². The second-order valence-electron chi connectivity index (χ2n) is 5.81. The van der Waals surface area contributed by atoms with Crippen molar-refractivity contribution >= 4 is 17.6 Å². The van der Waals surface area contributed by atoms with Crippen LogP contribution in [-0.4, -0.2) is 34.0 Å². The zero-order valence-electron chi connectivity index (χ0n) is 11.4. The van der Waals surface area contributed by atoms with Gasteiger partial charge in [0, 0.05) is 12.6 Å². The maximum absolute atomic E-state index is 12.5. The highest BCUT2D eigenvalue weighted by Crippen LogP contribution is 2.45. The zero-order valence-corrected chi connectivity index (χ0v) is 11.4. The monoisotopic (exact) mass is 274 g/mol. The molecule has 1 aromatic heterocycles. The number of Topliss-reactive ketones (excluding diaryl/α,β-unsaturated/α-hetero) is 1. The Morgan fingerprint density at radius 1 is 1.25 bits per heavy atom. The number of nitrogens with zero attached hydrogens (tertiary/aromatic N) is 1. The van der Waals surface area contributed by atoms with E-state index in [1.54, 1.807) is 18.3 Å². The lowest BCUT2D eigenvalue weighted by atomic mass is 9.73. The van der Waals surface area contributed by atoms with Crippen LogP contribution in [0.5, 0.6) is 0 Å². The number of aromatic amines is 1. The highest BCUT2D eigenvalue weighted by Gasteiger charge is 2.51. The highest BCUT2D eigenvalue weighted by molar-refractivity contribution is 6.10. The van der Waals surface area contributed by atoms with E-state index in [0.29, 0.717) is 5.69 Å². The number of carbonyl (C=O) groups excluding carboxylic acids is 3. The van der Waals surface area contributed by atoms with E-state index in [1.807, 2.05) is 0 Å². The van der Waals surface area contributed by atoms with Crippen molar-refractivity contribution in [3.63, 3.8) is 0 Å². The first-order chi connectivity index (χ1) is 9.62. The predicted octanol–water partition coefficient (Wildman–Crippen LogP) is 1.91. The van der Waals surface area contributed by atoms with Gasteiger partial charge in [0.05, 0.1) is 17.7 Å². The molecular formula is C15H18N2O3. The van der Waals surface area contributed by atoms with Crippen LogP contribution in [0.15, 0.2) is 18.3 Å². The lowest BCUT2D eigenvalue weighted by Gasteiger charge is -2.30. The fraction of sp³-hybridized carbons (Fsp3) is 0.533. The predicted molar refractivity (Wildman–Crippen MR) is 72.0 cm³/mol. The van der Waals surface area contributed by atoms with Crippen molar-refractivity contribution in [3.8, 4) is 0 Å². The average molecular weight is 274 g/mol. The van der Waals surface area contributed by atoms with Gasteiger partial charge in [0.15, 0.2) is 5.78 Å². The number of nitrogens with one attached hydrogen (secondary N) is 1. The summed E-state index contributed by atoms with van der Waals surface area (Å²) in [6.07, 6.45) is 6.63. The van der Waals surface area contributed by atoms with Crippen LogP contribution in [0, 0.1) is 5.41 Å². The number of H-pyrrole nitrogens is 1. The van der Waals surface area contributed by atoms with Crippen LogP contribution in [0.3, 0.4) is 0 Å². The third-order valence-electron chi connectivity index (χ3n) is 4.50. The molecule has 5 heteroatoms. The molecule has 20 heavy (non-hydrogen) atoms. The maximum Gasteiger partial charge on any atom is 0.236 e. The average Bonchev–Trinajstić information content (AvgIpc) is 3.04. The standard InChI is InChI=1S/C15H18N2O3/c18-12(11-5-4-8-16-11)10-17-13(19)9-15(14(17)20)6-2-1-3-7-15/h4-5,8,16H,1-3,6-7,9-10H2. The lowest BCUT2D eigenvalue weighted by molar-refractivity contribution is -0.141. The van der Waals surface area contributed by atoms with Crippen molar-refractivity contribution in [2.24, 2.45) is 5.41 Å². The molecule has 2 heterocycles. The SMILES string of the molecule is O=C(CN1C(=O)CC2(CCCCC2)C1=O)c1ccc[nH]1. The number of carbonyl (C=O) groups is 3. The Labute approximate surface area is 117 Å². The summed E-state index contributed by atoms with van der Waals surface area (Å²) in [6.45, 7) is -0.139. The molecular weight excluding hydrogens is 256 g/mol. The Morgan fingerprint density at radius 2 is 2.00 bits per heavy atom. The van der Waals surface area contributed by atoms with Crippen molar-refractivity contribution in [2.75, 3.05) is 6.54 Å². The molecule has 0 radical (unpaired) electrons. The highest BCUT2D eigenvalue weighted by atomic mass is 16.2. The number of ketones is 1. The van der Waals surface area contributed by atoms with Gasteiger partial charge < -0.3 is 4.98 Å². The fourth-order valence-electron chi connectivity index (χ4n) is 3.37. The molecule has 3 rings (SSSR count). The van der Waals surface area contributed by atoms with E-state index in [-0.39, 0.29) is 30.6 Å². The van der Waals surface area contributed by atoms with E-state index in [1.165, 1.54) is 0 Å². The summed E-state index contributed by atoms with van der Waals surface area (Å²) in [5, 5.41) is 0. The van der Waals surface area contributed by atoms with E-state index in [4.69, 9.17) is 0 Å². The van der Waals surface area contributed by atoms with Gasteiger partial charge >= 0.3 is 0 Å². The summed E-state index contributed by atoms with van der Waals surface area (Å²) in [5.41, 5.74) is -0.0686. The number of amides is 2. The lowest BCUT2D eigenvalue weighted by Crippen LogP contribution is -2.39. The van der Waals surface area contributed by atoms with Gasteiger partial charge in [-0.1, -0.05) is 19.3 Å². The molecule has 1 aromatic rings. The second-order valence-corrected chi connectivity index (χ2v) is 5.81. The molecule has 0 atom stereocenters. The molecule has 0 bridgehead atoms. The van der Waals surface area contributed by atoms with Crippen LogP contribution < -0.4 is 0 Å². The second kappa shape index (κ2) is 4.89. The van der Waals surface area contributed by atoms with Crippen LogP contribution in [0.25, 0.3) is 0 Å². The quantitative estimate of drug-likeness (QED) is 0.676. The molecule has 1 saturated heterocycles. The first kappa shape index (κ1) is 13.1. The smallest absolute Gasteiger partial charge is 0.236 e. The molecule has 1 aliphatic heterocycles. The normalized spacial score (nSPS) is 21.7. The maximum atomic E-state index is 12.5. The van der Waals surface area contributed by atoms with Crippen LogP contribution in [0.4, 0.5) is 0 Å². The van der Waals surface area contributed by atoms with Crippen LogP contribution in [0.1, 0.15) is 49.0 Å². The van der Waals surface area contributed by atoms with Gasteiger partial charge in [-0.25, -0.2) is 0 Å². The number of hydrogen-bond donors (Lipinski definition) is 1. The Morgan fingerprint density at radius 3 is 2.65 bits per heavy atom. The van der Waals surface area contributed by atoms with E-state index < -0.39 is 5.41 Å². The van der Waals surface area contributed by atoms with Crippen LogP contribution in [0.2, 0.25) is 0 Å². The molecule has 0 unspecified atom stereocenters. The van der Waals surface area contributed by atoms with E-state index in [9.17, 15) is 14.4 Å². The molecule has 5 nitrogen and oxygen atoms in total. The van der Waals surface area contributed by atoms with Gasteiger partial charge in [-0.3, -0.25) is 19.3 Å². The fourth-order valence-corrected chi connectivity index (χ4v) is 3.37. The Hall–Kier alpha value is -1.91. The minimum absolute atomic E-state index is 0.137. The molecule has 1 spiro atoms. The van der Waals surface area contributed by atoms with Crippen molar-refractivity contribution in [1.29, 1.82) is 0 Å². The van der Waals surface area contributed by atoms with Crippen LogP contribution in [-0.2, 0) is 9.59 Å². The number of aromatic nitrogens is 1.